The predicted octanol–water partition coefficient (Wildman–Crippen LogP) is 4.18. The maximum atomic E-state index is 12.1. The van der Waals surface area contributed by atoms with Crippen LogP contribution in [0.1, 0.15) is 11.1 Å². The average Bonchev–Trinajstić information content (AvgIpc) is 2.96. The van der Waals surface area contributed by atoms with E-state index in [1.165, 1.54) is 0 Å². The minimum atomic E-state index is -0.420. The van der Waals surface area contributed by atoms with Gasteiger partial charge in [0.1, 0.15) is 0 Å². The molecule has 1 aliphatic heterocycles. The lowest BCUT2D eigenvalue weighted by Crippen LogP contribution is -2.05. The molecule has 0 aromatic heterocycles. The topological polar surface area (TPSA) is 38.7 Å². The second-order valence-corrected chi connectivity index (χ2v) is 5.27. The van der Waals surface area contributed by atoms with Crippen LogP contribution in [0, 0.1) is 0 Å². The molecule has 3 aromatic carbocycles. The van der Waals surface area contributed by atoms with Crippen LogP contribution < -0.4 is 0 Å². The second kappa shape index (κ2) is 5.54. The van der Waals surface area contributed by atoms with Crippen LogP contribution in [0.2, 0.25) is 0 Å². The molecule has 3 aromatic rings. The number of fused-ring (bicyclic) bond motifs is 1. The smallest absolute Gasteiger partial charge is 0.363 e. The summed E-state index contributed by atoms with van der Waals surface area (Å²) in [5.41, 5.74) is 2.06. The van der Waals surface area contributed by atoms with E-state index in [4.69, 9.17) is 4.74 Å². The molecule has 0 bridgehead atoms. The molecule has 4 rings (SSSR count). The summed E-state index contributed by atoms with van der Waals surface area (Å²) in [7, 11) is 0. The van der Waals surface area contributed by atoms with Gasteiger partial charge < -0.3 is 4.74 Å². The van der Waals surface area contributed by atoms with Gasteiger partial charge in [0, 0.05) is 5.56 Å². The fourth-order valence-electron chi connectivity index (χ4n) is 2.64. The van der Waals surface area contributed by atoms with Crippen molar-refractivity contribution >= 4 is 28.7 Å². The quantitative estimate of drug-likeness (QED) is 0.526. The highest BCUT2D eigenvalue weighted by Gasteiger charge is 2.25. The lowest BCUT2D eigenvalue weighted by atomic mass is 10.0. The SMILES string of the molecule is O=C1OC(c2cccc3ccccc23)=N/C1=C/c1ccccc1. The van der Waals surface area contributed by atoms with Crippen LogP contribution in [0.5, 0.6) is 0 Å². The van der Waals surface area contributed by atoms with Crippen molar-refractivity contribution in [3.63, 3.8) is 0 Å². The van der Waals surface area contributed by atoms with Crippen LogP contribution >= 0.6 is 0 Å². The molecule has 3 nitrogen and oxygen atoms in total. The van der Waals surface area contributed by atoms with Crippen LogP contribution in [0.4, 0.5) is 0 Å². The molecule has 0 N–H and O–H groups in total. The molecule has 1 aliphatic rings. The van der Waals surface area contributed by atoms with Crippen molar-refractivity contribution in [3.8, 4) is 0 Å². The first kappa shape index (κ1) is 13.5. The molecule has 0 amide bonds. The number of aliphatic imine (C=N–C) groups is 1. The largest absolute Gasteiger partial charge is 0.402 e. The highest BCUT2D eigenvalue weighted by Crippen LogP contribution is 2.24. The van der Waals surface area contributed by atoms with Gasteiger partial charge >= 0.3 is 5.97 Å². The number of carbonyl (C=O) groups is 1. The lowest BCUT2D eigenvalue weighted by molar-refractivity contribution is -0.129. The van der Waals surface area contributed by atoms with Crippen molar-refractivity contribution in [1.82, 2.24) is 0 Å². The number of benzene rings is 3. The predicted molar refractivity (Wildman–Crippen MR) is 91.0 cm³/mol. The Bertz CT molecular complexity index is 950. The fourth-order valence-corrected chi connectivity index (χ4v) is 2.64. The standard InChI is InChI=1S/C20H13NO2/c22-20-18(13-14-7-2-1-3-8-14)21-19(23-20)17-12-6-10-15-9-4-5-11-16(15)17/h1-13H/b18-13+. The minimum absolute atomic E-state index is 0.319. The number of hydrogen-bond donors (Lipinski definition) is 0. The molecule has 0 fully saturated rings. The summed E-state index contributed by atoms with van der Waals surface area (Å²) in [6, 6.07) is 23.5. The number of esters is 1. The first-order valence-corrected chi connectivity index (χ1v) is 7.37. The van der Waals surface area contributed by atoms with Gasteiger partial charge in [-0.15, -0.1) is 0 Å². The molecule has 0 atom stereocenters. The molecule has 110 valence electrons. The Morgan fingerprint density at radius 1 is 0.826 bits per heavy atom. The van der Waals surface area contributed by atoms with Crippen molar-refractivity contribution < 1.29 is 9.53 Å². The summed E-state index contributed by atoms with van der Waals surface area (Å²) in [5, 5.41) is 2.10. The van der Waals surface area contributed by atoms with Crippen molar-refractivity contribution in [2.24, 2.45) is 4.99 Å². The molecule has 0 spiro atoms. The molecule has 1 heterocycles. The summed E-state index contributed by atoms with van der Waals surface area (Å²) >= 11 is 0. The monoisotopic (exact) mass is 299 g/mol. The van der Waals surface area contributed by atoms with Gasteiger partial charge in [-0.2, -0.15) is 0 Å². The fraction of sp³-hybridized carbons (Fsp3) is 0. The van der Waals surface area contributed by atoms with Gasteiger partial charge in [0.2, 0.25) is 5.90 Å². The zero-order valence-corrected chi connectivity index (χ0v) is 12.3. The number of nitrogens with zero attached hydrogens (tertiary/aromatic N) is 1. The summed E-state index contributed by atoms with van der Waals surface area (Å²) in [6.45, 7) is 0. The van der Waals surface area contributed by atoms with Crippen LogP contribution in [-0.4, -0.2) is 11.9 Å². The molecule has 0 radical (unpaired) electrons. The normalized spacial score (nSPS) is 15.7. The van der Waals surface area contributed by atoms with E-state index < -0.39 is 5.97 Å². The molecule has 0 saturated carbocycles. The average molecular weight is 299 g/mol. The highest BCUT2D eigenvalue weighted by atomic mass is 16.6. The summed E-state index contributed by atoms with van der Waals surface area (Å²) in [5.74, 6) is -0.0641. The summed E-state index contributed by atoms with van der Waals surface area (Å²) < 4.78 is 5.38. The van der Waals surface area contributed by atoms with E-state index in [1.54, 1.807) is 6.08 Å². The van der Waals surface area contributed by atoms with Crippen molar-refractivity contribution in [1.29, 1.82) is 0 Å². The van der Waals surface area contributed by atoms with E-state index in [2.05, 4.69) is 4.99 Å². The van der Waals surface area contributed by atoms with Crippen LogP contribution in [-0.2, 0) is 9.53 Å². The maximum absolute atomic E-state index is 12.1. The highest BCUT2D eigenvalue weighted by molar-refractivity contribution is 6.17. The van der Waals surface area contributed by atoms with Crippen molar-refractivity contribution in [2.45, 2.75) is 0 Å². The van der Waals surface area contributed by atoms with Gasteiger partial charge in [-0.05, 0) is 28.5 Å². The molecule has 3 heteroatoms. The van der Waals surface area contributed by atoms with Crippen molar-refractivity contribution in [2.75, 3.05) is 0 Å². The Morgan fingerprint density at radius 2 is 1.57 bits per heavy atom. The van der Waals surface area contributed by atoms with Crippen molar-refractivity contribution in [3.05, 3.63) is 89.6 Å². The Labute approximate surface area is 133 Å². The molecular formula is C20H13NO2. The zero-order chi connectivity index (χ0) is 15.6. The number of carbonyl (C=O) groups excluding carboxylic acids is 1. The third-order valence-corrected chi connectivity index (χ3v) is 3.74. The Balaban J connectivity index is 1.79. The first-order valence-electron chi connectivity index (χ1n) is 7.37. The van der Waals surface area contributed by atoms with E-state index in [0.29, 0.717) is 11.6 Å². The third kappa shape index (κ3) is 2.53. The molecule has 0 unspecified atom stereocenters. The number of ether oxygens (including phenoxy) is 1. The Hall–Kier alpha value is -3.20. The van der Waals surface area contributed by atoms with E-state index >= 15 is 0 Å². The van der Waals surface area contributed by atoms with Gasteiger partial charge in [-0.25, -0.2) is 9.79 Å². The van der Waals surface area contributed by atoms with Gasteiger partial charge in [0.25, 0.3) is 0 Å². The Kier molecular flexibility index (Phi) is 3.24. The Morgan fingerprint density at radius 3 is 2.43 bits per heavy atom. The van der Waals surface area contributed by atoms with Gasteiger partial charge in [0.05, 0.1) is 0 Å². The number of hydrogen-bond acceptors (Lipinski definition) is 3. The van der Waals surface area contributed by atoms with E-state index in [0.717, 1.165) is 21.9 Å². The summed E-state index contributed by atoms with van der Waals surface area (Å²) in [4.78, 5) is 16.5. The molecular weight excluding hydrogens is 286 g/mol. The van der Waals surface area contributed by atoms with Crippen LogP contribution in [0.25, 0.3) is 16.8 Å². The zero-order valence-electron chi connectivity index (χ0n) is 12.3. The van der Waals surface area contributed by atoms with Gasteiger partial charge in [-0.1, -0.05) is 66.7 Å². The molecule has 0 aliphatic carbocycles. The molecule has 23 heavy (non-hydrogen) atoms. The van der Waals surface area contributed by atoms with Gasteiger partial charge in [0.15, 0.2) is 5.70 Å². The first-order chi connectivity index (χ1) is 11.3. The molecule has 0 saturated heterocycles. The lowest BCUT2D eigenvalue weighted by Gasteiger charge is -2.04. The summed E-state index contributed by atoms with van der Waals surface area (Å²) in [6.07, 6.45) is 1.74. The van der Waals surface area contributed by atoms with Crippen LogP contribution in [0.15, 0.2) is 83.5 Å². The number of rotatable bonds is 2. The second-order valence-electron chi connectivity index (χ2n) is 5.27. The van der Waals surface area contributed by atoms with E-state index in [1.807, 2.05) is 72.8 Å². The van der Waals surface area contributed by atoms with E-state index in [9.17, 15) is 4.79 Å². The third-order valence-electron chi connectivity index (χ3n) is 3.74. The van der Waals surface area contributed by atoms with Gasteiger partial charge in [-0.3, -0.25) is 0 Å². The maximum Gasteiger partial charge on any atom is 0.363 e. The minimum Gasteiger partial charge on any atom is -0.402 e. The number of cyclic esters (lactones) is 1. The van der Waals surface area contributed by atoms with E-state index in [-0.39, 0.29) is 0 Å². The van der Waals surface area contributed by atoms with Crippen LogP contribution in [0.3, 0.4) is 0 Å².